The van der Waals surface area contributed by atoms with Crippen LogP contribution in [0.5, 0.6) is 11.5 Å². The smallest absolute Gasteiger partial charge is 0.187 e. The van der Waals surface area contributed by atoms with E-state index in [-0.39, 0.29) is 5.60 Å². The second-order valence-electron chi connectivity index (χ2n) is 7.12. The molecule has 4 nitrogen and oxygen atoms in total. The van der Waals surface area contributed by atoms with Gasteiger partial charge in [-0.2, -0.15) is 0 Å². The average molecular weight is 366 g/mol. The molecular weight excluding hydrogens is 344 g/mol. The molecule has 0 aliphatic carbocycles. The molecule has 26 heavy (non-hydrogen) atoms. The maximum atomic E-state index is 6.07. The summed E-state index contributed by atoms with van der Waals surface area (Å²) in [7, 11) is 1.68. The fourth-order valence-corrected chi connectivity index (χ4v) is 4.19. The molecule has 2 heterocycles. The van der Waals surface area contributed by atoms with Crippen LogP contribution in [0.15, 0.2) is 42.5 Å². The van der Waals surface area contributed by atoms with Crippen LogP contribution in [0.2, 0.25) is 0 Å². The van der Waals surface area contributed by atoms with Gasteiger partial charge in [-0.05, 0) is 45.0 Å². The molecule has 0 radical (unpaired) electrons. The minimum atomic E-state index is -0.203. The first kappa shape index (κ1) is 16.9. The Morgan fingerprint density at radius 1 is 1.19 bits per heavy atom. The van der Waals surface area contributed by atoms with Crippen molar-refractivity contribution < 1.29 is 9.47 Å². The topological polar surface area (TPSA) is 43.4 Å². The van der Waals surface area contributed by atoms with Crippen LogP contribution in [0.1, 0.15) is 24.3 Å². The Morgan fingerprint density at radius 3 is 2.69 bits per heavy atom. The van der Waals surface area contributed by atoms with Crippen molar-refractivity contribution in [2.75, 3.05) is 12.4 Å². The van der Waals surface area contributed by atoms with Crippen LogP contribution >= 0.6 is 11.3 Å². The second-order valence-corrected chi connectivity index (χ2v) is 8.32. The number of aromatic nitrogens is 1. The second kappa shape index (κ2) is 6.32. The van der Waals surface area contributed by atoms with Gasteiger partial charge in [-0.1, -0.05) is 18.2 Å². The van der Waals surface area contributed by atoms with Gasteiger partial charge in [0.05, 0.1) is 12.8 Å². The summed E-state index contributed by atoms with van der Waals surface area (Å²) < 4.78 is 11.7. The number of para-hydroxylation sites is 1. The number of hydrogen-bond acceptors (Lipinski definition) is 5. The van der Waals surface area contributed by atoms with Crippen LogP contribution in [0.4, 0.5) is 10.8 Å². The third-order valence-electron chi connectivity index (χ3n) is 4.44. The van der Waals surface area contributed by atoms with Gasteiger partial charge in [0, 0.05) is 28.1 Å². The zero-order valence-corrected chi connectivity index (χ0v) is 16.2. The maximum absolute atomic E-state index is 6.07. The van der Waals surface area contributed by atoms with Crippen LogP contribution < -0.4 is 14.8 Å². The SMILES string of the molecule is COc1cc(-c2nc(Nc3ccccc3)sc2C)cc2c1OC(C)(C)C2. The molecule has 0 saturated carbocycles. The van der Waals surface area contributed by atoms with Gasteiger partial charge in [0.25, 0.3) is 0 Å². The highest BCUT2D eigenvalue weighted by atomic mass is 32.1. The van der Waals surface area contributed by atoms with Crippen molar-refractivity contribution in [2.45, 2.75) is 32.8 Å². The molecule has 0 amide bonds. The Morgan fingerprint density at radius 2 is 1.96 bits per heavy atom. The van der Waals surface area contributed by atoms with E-state index < -0.39 is 0 Å². The van der Waals surface area contributed by atoms with E-state index in [0.29, 0.717) is 0 Å². The summed E-state index contributed by atoms with van der Waals surface area (Å²) in [5, 5.41) is 4.27. The fourth-order valence-electron chi connectivity index (χ4n) is 3.33. The van der Waals surface area contributed by atoms with Crippen molar-refractivity contribution in [3.8, 4) is 22.8 Å². The first-order valence-corrected chi connectivity index (χ1v) is 9.47. The molecule has 1 aliphatic rings. The summed E-state index contributed by atoms with van der Waals surface area (Å²) in [6.07, 6.45) is 0.866. The number of anilines is 2. The standard InChI is InChI=1S/C21H22N2O2S/c1-13-18(23-20(26-13)22-16-8-6-5-7-9-16)14-10-15-12-21(2,3)25-19(15)17(11-14)24-4/h5-11H,12H2,1-4H3,(H,22,23). The van der Waals surface area contributed by atoms with Crippen LogP contribution in [0.25, 0.3) is 11.3 Å². The Labute approximate surface area is 157 Å². The van der Waals surface area contributed by atoms with Gasteiger partial charge in [0.1, 0.15) is 5.60 Å². The van der Waals surface area contributed by atoms with E-state index in [1.54, 1.807) is 18.4 Å². The minimum Gasteiger partial charge on any atom is -0.493 e. The molecule has 0 saturated heterocycles. The summed E-state index contributed by atoms with van der Waals surface area (Å²) >= 11 is 1.66. The van der Waals surface area contributed by atoms with Gasteiger partial charge in [0.15, 0.2) is 16.6 Å². The monoisotopic (exact) mass is 366 g/mol. The molecule has 134 valence electrons. The van der Waals surface area contributed by atoms with E-state index in [2.05, 4.69) is 32.2 Å². The number of ether oxygens (including phenoxy) is 2. The number of aryl methyl sites for hydroxylation is 1. The van der Waals surface area contributed by atoms with Gasteiger partial charge in [-0.15, -0.1) is 11.3 Å². The third-order valence-corrected chi connectivity index (χ3v) is 5.33. The Balaban J connectivity index is 1.70. The normalized spacial score (nSPS) is 14.6. The van der Waals surface area contributed by atoms with E-state index in [1.807, 2.05) is 36.4 Å². The largest absolute Gasteiger partial charge is 0.493 e. The van der Waals surface area contributed by atoms with E-state index in [0.717, 1.165) is 40.0 Å². The van der Waals surface area contributed by atoms with Crippen molar-refractivity contribution in [1.82, 2.24) is 4.98 Å². The van der Waals surface area contributed by atoms with Crippen LogP contribution in [-0.2, 0) is 6.42 Å². The highest BCUT2D eigenvalue weighted by Crippen LogP contribution is 2.45. The molecule has 0 atom stereocenters. The molecule has 0 fully saturated rings. The summed E-state index contributed by atoms with van der Waals surface area (Å²) in [4.78, 5) is 5.99. The van der Waals surface area contributed by atoms with Gasteiger partial charge in [-0.3, -0.25) is 0 Å². The lowest BCUT2D eigenvalue weighted by Gasteiger charge is -2.17. The van der Waals surface area contributed by atoms with Gasteiger partial charge in [-0.25, -0.2) is 4.98 Å². The van der Waals surface area contributed by atoms with Gasteiger partial charge in [0.2, 0.25) is 0 Å². The number of nitrogens with one attached hydrogen (secondary N) is 1. The first-order chi connectivity index (χ1) is 12.4. The molecule has 0 unspecified atom stereocenters. The Hall–Kier alpha value is -2.53. The zero-order chi connectivity index (χ0) is 18.3. The van der Waals surface area contributed by atoms with Gasteiger partial charge >= 0.3 is 0 Å². The van der Waals surface area contributed by atoms with E-state index in [9.17, 15) is 0 Å². The van der Waals surface area contributed by atoms with Crippen molar-refractivity contribution >= 4 is 22.2 Å². The summed E-state index contributed by atoms with van der Waals surface area (Å²) in [5.74, 6) is 1.63. The average Bonchev–Trinajstić information content (AvgIpc) is 3.12. The molecule has 1 N–H and O–H groups in total. The third kappa shape index (κ3) is 3.15. The van der Waals surface area contributed by atoms with Gasteiger partial charge < -0.3 is 14.8 Å². The molecule has 1 aromatic heterocycles. The highest BCUT2D eigenvalue weighted by Gasteiger charge is 2.33. The zero-order valence-electron chi connectivity index (χ0n) is 15.4. The predicted molar refractivity (Wildman–Crippen MR) is 107 cm³/mol. The molecule has 0 bridgehead atoms. The molecule has 5 heteroatoms. The summed E-state index contributed by atoms with van der Waals surface area (Å²) in [6.45, 7) is 6.30. The highest BCUT2D eigenvalue weighted by molar-refractivity contribution is 7.16. The number of fused-ring (bicyclic) bond motifs is 1. The quantitative estimate of drug-likeness (QED) is 0.654. The molecule has 3 aromatic rings. The minimum absolute atomic E-state index is 0.203. The summed E-state index contributed by atoms with van der Waals surface area (Å²) in [5.41, 5.74) is 4.06. The van der Waals surface area contributed by atoms with Crippen LogP contribution in [0, 0.1) is 6.92 Å². The van der Waals surface area contributed by atoms with Crippen LogP contribution in [-0.4, -0.2) is 17.7 Å². The molecule has 0 spiro atoms. The molecule has 1 aliphatic heterocycles. The molecular formula is C21H22N2O2S. The maximum Gasteiger partial charge on any atom is 0.187 e. The van der Waals surface area contributed by atoms with Crippen LogP contribution in [0.3, 0.4) is 0 Å². The lowest BCUT2D eigenvalue weighted by atomic mass is 9.99. The number of benzene rings is 2. The lowest BCUT2D eigenvalue weighted by molar-refractivity contribution is 0.134. The van der Waals surface area contributed by atoms with Crippen molar-refractivity contribution in [1.29, 1.82) is 0 Å². The summed E-state index contributed by atoms with van der Waals surface area (Å²) in [6, 6.07) is 14.3. The Kier molecular flexibility index (Phi) is 4.11. The van der Waals surface area contributed by atoms with Crippen molar-refractivity contribution in [2.24, 2.45) is 0 Å². The predicted octanol–water partition coefficient (Wildman–Crippen LogP) is 5.58. The lowest BCUT2D eigenvalue weighted by Crippen LogP contribution is -2.24. The van der Waals surface area contributed by atoms with Crippen molar-refractivity contribution in [3.05, 3.63) is 52.9 Å². The van der Waals surface area contributed by atoms with E-state index in [4.69, 9.17) is 14.5 Å². The molecule has 4 rings (SSSR count). The van der Waals surface area contributed by atoms with E-state index in [1.165, 1.54) is 10.4 Å². The number of thiazole rings is 1. The Bertz CT molecular complexity index is 948. The number of nitrogens with zero attached hydrogens (tertiary/aromatic N) is 1. The fraction of sp³-hybridized carbons (Fsp3) is 0.286. The number of hydrogen-bond donors (Lipinski definition) is 1. The first-order valence-electron chi connectivity index (χ1n) is 8.65. The van der Waals surface area contributed by atoms with E-state index >= 15 is 0 Å². The number of rotatable bonds is 4. The molecule has 2 aromatic carbocycles. The van der Waals surface area contributed by atoms with Crippen molar-refractivity contribution in [3.63, 3.8) is 0 Å². The number of methoxy groups -OCH3 is 1.